The van der Waals surface area contributed by atoms with E-state index >= 15 is 0 Å². The highest BCUT2D eigenvalue weighted by Gasteiger charge is 2.06. The van der Waals surface area contributed by atoms with Crippen molar-refractivity contribution in [2.24, 2.45) is 5.73 Å². The first-order chi connectivity index (χ1) is 5.62. The molecule has 2 N–H and O–H groups in total. The Balaban J connectivity index is 3.55. The molecule has 0 rings (SSSR count). The number of nitrogens with two attached hydrogens (primary N) is 1. The summed E-state index contributed by atoms with van der Waals surface area (Å²) in [4.78, 5) is 0. The predicted octanol–water partition coefficient (Wildman–Crippen LogP) is 0.716. The molecule has 0 saturated heterocycles. The molecule has 0 spiro atoms. The van der Waals surface area contributed by atoms with Gasteiger partial charge in [-0.1, -0.05) is 12.5 Å². The third-order valence-electron chi connectivity index (χ3n) is 1.53. The van der Waals surface area contributed by atoms with Gasteiger partial charge in [0.1, 0.15) is 0 Å². The lowest BCUT2D eigenvalue weighted by atomic mass is 10.2. The zero-order chi connectivity index (χ0) is 9.45. The molecule has 0 fully saturated rings. The molecule has 3 nitrogen and oxygen atoms in total. The first kappa shape index (κ1) is 11.6. The maximum atomic E-state index is 11.1. The largest absolute Gasteiger partial charge is 0.330 e. The van der Waals surface area contributed by atoms with Crippen LogP contribution in [-0.4, -0.2) is 26.5 Å². The van der Waals surface area contributed by atoms with E-state index in [0.717, 1.165) is 12.8 Å². The Morgan fingerprint density at radius 3 is 2.42 bits per heavy atom. The van der Waals surface area contributed by atoms with Crippen LogP contribution in [0.3, 0.4) is 0 Å². The lowest BCUT2D eigenvalue weighted by Crippen LogP contribution is -2.09. The molecule has 0 aromatic rings. The third-order valence-corrected chi connectivity index (χ3v) is 3.19. The van der Waals surface area contributed by atoms with Crippen molar-refractivity contribution in [1.82, 2.24) is 0 Å². The summed E-state index contributed by atoms with van der Waals surface area (Å²) in [6.07, 6.45) is 3.95. The SMILES string of the molecule is C=CCS(=O)(=O)CCCCCN. The molecular formula is C8H17NO2S. The molecule has 0 aliphatic carbocycles. The maximum absolute atomic E-state index is 11.1. The summed E-state index contributed by atoms with van der Waals surface area (Å²) >= 11 is 0. The molecule has 0 aromatic heterocycles. The van der Waals surface area contributed by atoms with E-state index in [0.29, 0.717) is 13.0 Å². The summed E-state index contributed by atoms with van der Waals surface area (Å²) in [5.41, 5.74) is 5.27. The van der Waals surface area contributed by atoms with Crippen LogP contribution in [0.2, 0.25) is 0 Å². The van der Waals surface area contributed by atoms with E-state index in [4.69, 9.17) is 5.73 Å². The van der Waals surface area contributed by atoms with Gasteiger partial charge in [-0.15, -0.1) is 6.58 Å². The lowest BCUT2D eigenvalue weighted by molar-refractivity contribution is 0.593. The Hall–Kier alpha value is -0.350. The maximum Gasteiger partial charge on any atom is 0.153 e. The van der Waals surface area contributed by atoms with Gasteiger partial charge in [0.05, 0.1) is 11.5 Å². The molecule has 0 radical (unpaired) electrons. The highest BCUT2D eigenvalue weighted by Crippen LogP contribution is 1.99. The van der Waals surface area contributed by atoms with E-state index in [2.05, 4.69) is 6.58 Å². The molecule has 0 aliphatic rings. The average Bonchev–Trinajstić information content (AvgIpc) is 1.98. The van der Waals surface area contributed by atoms with E-state index < -0.39 is 9.84 Å². The number of unbranched alkanes of at least 4 members (excludes halogenated alkanes) is 2. The lowest BCUT2D eigenvalue weighted by Gasteiger charge is -1.99. The monoisotopic (exact) mass is 191 g/mol. The van der Waals surface area contributed by atoms with Gasteiger partial charge in [0.2, 0.25) is 0 Å². The second-order valence-electron chi connectivity index (χ2n) is 2.75. The molecule has 0 amide bonds. The Morgan fingerprint density at radius 1 is 1.25 bits per heavy atom. The molecular weight excluding hydrogens is 174 g/mol. The Morgan fingerprint density at radius 2 is 1.92 bits per heavy atom. The van der Waals surface area contributed by atoms with Crippen LogP contribution in [-0.2, 0) is 9.84 Å². The van der Waals surface area contributed by atoms with Crippen LogP contribution < -0.4 is 5.73 Å². The quantitative estimate of drug-likeness (QED) is 0.476. The molecule has 0 aliphatic heterocycles. The number of sulfone groups is 1. The number of rotatable bonds is 7. The van der Waals surface area contributed by atoms with Crippen LogP contribution in [0.15, 0.2) is 12.7 Å². The minimum absolute atomic E-state index is 0.0929. The standard InChI is InChI=1S/C8H17NO2S/c1-2-7-12(10,11)8-5-3-4-6-9/h2H,1,3-9H2. The van der Waals surface area contributed by atoms with Crippen LogP contribution in [0.5, 0.6) is 0 Å². The van der Waals surface area contributed by atoms with Crippen molar-refractivity contribution in [2.45, 2.75) is 19.3 Å². The molecule has 12 heavy (non-hydrogen) atoms. The van der Waals surface area contributed by atoms with Crippen molar-refractivity contribution < 1.29 is 8.42 Å². The molecule has 72 valence electrons. The first-order valence-corrected chi connectivity index (χ1v) is 5.96. The molecule has 0 heterocycles. The zero-order valence-electron chi connectivity index (χ0n) is 7.33. The highest BCUT2D eigenvalue weighted by molar-refractivity contribution is 7.91. The number of hydrogen-bond acceptors (Lipinski definition) is 3. The fourth-order valence-corrected chi connectivity index (χ4v) is 2.08. The van der Waals surface area contributed by atoms with Crippen molar-refractivity contribution >= 4 is 9.84 Å². The van der Waals surface area contributed by atoms with E-state index in [1.165, 1.54) is 6.08 Å². The smallest absolute Gasteiger partial charge is 0.153 e. The van der Waals surface area contributed by atoms with Crippen LogP contribution in [0, 0.1) is 0 Å². The normalized spacial score (nSPS) is 11.4. The van der Waals surface area contributed by atoms with Gasteiger partial charge in [0.15, 0.2) is 9.84 Å². The fraction of sp³-hybridized carbons (Fsp3) is 0.750. The van der Waals surface area contributed by atoms with E-state index in [9.17, 15) is 8.42 Å². The highest BCUT2D eigenvalue weighted by atomic mass is 32.2. The predicted molar refractivity (Wildman–Crippen MR) is 51.8 cm³/mol. The zero-order valence-corrected chi connectivity index (χ0v) is 8.15. The van der Waals surface area contributed by atoms with Crippen LogP contribution in [0.1, 0.15) is 19.3 Å². The molecule has 0 aromatic carbocycles. The fourth-order valence-electron chi connectivity index (χ4n) is 0.906. The van der Waals surface area contributed by atoms with Crippen LogP contribution >= 0.6 is 0 Å². The molecule has 4 heteroatoms. The van der Waals surface area contributed by atoms with Gasteiger partial charge in [0, 0.05) is 0 Å². The summed E-state index contributed by atoms with van der Waals surface area (Å²) in [6.45, 7) is 4.03. The molecule has 0 bridgehead atoms. The van der Waals surface area contributed by atoms with Gasteiger partial charge < -0.3 is 5.73 Å². The van der Waals surface area contributed by atoms with E-state index in [1.54, 1.807) is 0 Å². The van der Waals surface area contributed by atoms with Crippen molar-refractivity contribution in [3.63, 3.8) is 0 Å². The average molecular weight is 191 g/mol. The van der Waals surface area contributed by atoms with Gasteiger partial charge in [-0.3, -0.25) is 0 Å². The van der Waals surface area contributed by atoms with Crippen LogP contribution in [0.25, 0.3) is 0 Å². The summed E-state index contributed by atoms with van der Waals surface area (Å²) in [7, 11) is -2.87. The Bertz CT molecular complexity index is 209. The van der Waals surface area contributed by atoms with Gasteiger partial charge in [-0.25, -0.2) is 8.42 Å². The second-order valence-corrected chi connectivity index (χ2v) is 4.98. The van der Waals surface area contributed by atoms with Crippen molar-refractivity contribution in [2.75, 3.05) is 18.1 Å². The van der Waals surface area contributed by atoms with Gasteiger partial charge >= 0.3 is 0 Å². The van der Waals surface area contributed by atoms with Gasteiger partial charge in [0.25, 0.3) is 0 Å². The summed E-state index contributed by atoms with van der Waals surface area (Å²) in [5, 5.41) is 0. The van der Waals surface area contributed by atoms with Gasteiger partial charge in [-0.2, -0.15) is 0 Å². The first-order valence-electron chi connectivity index (χ1n) is 4.14. The summed E-state index contributed by atoms with van der Waals surface area (Å²) < 4.78 is 22.2. The van der Waals surface area contributed by atoms with Crippen molar-refractivity contribution in [3.8, 4) is 0 Å². The minimum Gasteiger partial charge on any atom is -0.330 e. The minimum atomic E-state index is -2.87. The molecule has 0 atom stereocenters. The Kier molecular flexibility index (Phi) is 6.02. The van der Waals surface area contributed by atoms with Gasteiger partial charge in [-0.05, 0) is 19.4 Å². The van der Waals surface area contributed by atoms with Crippen molar-refractivity contribution in [3.05, 3.63) is 12.7 Å². The van der Waals surface area contributed by atoms with E-state index in [1.807, 2.05) is 0 Å². The summed E-state index contributed by atoms with van der Waals surface area (Å²) in [5.74, 6) is 0.356. The molecule has 0 unspecified atom stereocenters. The number of hydrogen-bond donors (Lipinski definition) is 1. The van der Waals surface area contributed by atoms with E-state index in [-0.39, 0.29) is 11.5 Å². The van der Waals surface area contributed by atoms with Crippen molar-refractivity contribution in [1.29, 1.82) is 0 Å². The topological polar surface area (TPSA) is 60.2 Å². The second kappa shape index (κ2) is 6.20. The third kappa shape index (κ3) is 6.37. The van der Waals surface area contributed by atoms with Crippen LogP contribution in [0.4, 0.5) is 0 Å². The summed E-state index contributed by atoms with van der Waals surface area (Å²) in [6, 6.07) is 0. The Labute approximate surface area is 74.6 Å². The molecule has 0 saturated carbocycles.